The van der Waals surface area contributed by atoms with E-state index in [0.29, 0.717) is 22.7 Å². The molecule has 0 aliphatic heterocycles. The Bertz CT molecular complexity index is 523. The smallest absolute Gasteiger partial charge is 0.241 e. The minimum atomic E-state index is -3.34. The summed E-state index contributed by atoms with van der Waals surface area (Å²) in [6, 6.07) is 2.42. The summed E-state index contributed by atoms with van der Waals surface area (Å²) in [5.74, 6) is 0. The van der Waals surface area contributed by atoms with E-state index >= 15 is 0 Å². The van der Waals surface area contributed by atoms with Gasteiger partial charge in [-0.15, -0.1) is 11.3 Å². The number of rotatable bonds is 9. The molecule has 0 bridgehead atoms. The van der Waals surface area contributed by atoms with Gasteiger partial charge in [0.15, 0.2) is 0 Å². The lowest BCUT2D eigenvalue weighted by molar-refractivity contribution is 0.579. The van der Waals surface area contributed by atoms with E-state index in [4.69, 9.17) is 0 Å². The zero-order chi connectivity index (χ0) is 14.6. The highest BCUT2D eigenvalue weighted by molar-refractivity contribution is 7.99. The molecule has 1 unspecified atom stereocenters. The van der Waals surface area contributed by atoms with Crippen LogP contribution in [0, 0.1) is 0 Å². The number of nitrogens with one attached hydrogen (secondary N) is 2. The molecule has 7 heteroatoms. The van der Waals surface area contributed by atoms with Crippen LogP contribution in [0.15, 0.2) is 16.3 Å². The molecule has 0 amide bonds. The van der Waals surface area contributed by atoms with Crippen molar-refractivity contribution in [2.24, 2.45) is 0 Å². The van der Waals surface area contributed by atoms with Crippen LogP contribution >= 0.6 is 23.1 Å². The van der Waals surface area contributed by atoms with Gasteiger partial charge < -0.3 is 5.32 Å². The number of thioether (sulfide) groups is 1. The van der Waals surface area contributed by atoms with Crippen LogP contribution in [-0.4, -0.2) is 32.5 Å². The van der Waals surface area contributed by atoms with Crippen LogP contribution in [-0.2, 0) is 16.6 Å². The highest BCUT2D eigenvalue weighted by atomic mass is 32.2. The van der Waals surface area contributed by atoms with E-state index in [0.717, 1.165) is 17.8 Å². The maximum absolute atomic E-state index is 12.1. The fourth-order valence-corrected chi connectivity index (χ4v) is 4.35. The van der Waals surface area contributed by atoms with Crippen molar-refractivity contribution in [1.82, 2.24) is 10.0 Å². The SMILES string of the molecule is CSC(C)CCNS(=O)(=O)c1csc(CNC2CC2)c1. The van der Waals surface area contributed by atoms with Crippen LogP contribution in [0.2, 0.25) is 0 Å². The Labute approximate surface area is 129 Å². The molecule has 1 aromatic rings. The van der Waals surface area contributed by atoms with E-state index in [-0.39, 0.29) is 0 Å². The molecule has 1 aliphatic carbocycles. The van der Waals surface area contributed by atoms with Gasteiger partial charge in [-0.3, -0.25) is 0 Å². The first kappa shape index (κ1) is 16.3. The first-order chi connectivity index (χ1) is 9.51. The molecule has 0 saturated heterocycles. The van der Waals surface area contributed by atoms with Crippen LogP contribution in [0.3, 0.4) is 0 Å². The van der Waals surface area contributed by atoms with Crippen LogP contribution in [0.4, 0.5) is 0 Å². The summed E-state index contributed by atoms with van der Waals surface area (Å²) in [5, 5.41) is 5.59. The van der Waals surface area contributed by atoms with Gasteiger partial charge in [-0.25, -0.2) is 13.1 Å². The maximum Gasteiger partial charge on any atom is 0.241 e. The molecule has 2 N–H and O–H groups in total. The van der Waals surface area contributed by atoms with Crippen molar-refractivity contribution in [3.63, 3.8) is 0 Å². The van der Waals surface area contributed by atoms with Gasteiger partial charge in [0.05, 0.1) is 4.90 Å². The minimum Gasteiger partial charge on any atom is -0.309 e. The fraction of sp³-hybridized carbons (Fsp3) is 0.692. The third-order valence-corrected chi connectivity index (χ3v) is 6.89. The Balaban J connectivity index is 1.84. The normalized spacial score (nSPS) is 17.3. The summed E-state index contributed by atoms with van der Waals surface area (Å²) in [6.45, 7) is 3.37. The third-order valence-electron chi connectivity index (χ3n) is 3.33. The lowest BCUT2D eigenvalue weighted by Gasteiger charge is -2.08. The van der Waals surface area contributed by atoms with Gasteiger partial charge in [0.2, 0.25) is 10.0 Å². The van der Waals surface area contributed by atoms with E-state index in [1.165, 1.54) is 24.2 Å². The number of hydrogen-bond acceptors (Lipinski definition) is 5. The second kappa shape index (κ2) is 7.26. The van der Waals surface area contributed by atoms with E-state index in [1.54, 1.807) is 23.2 Å². The fourth-order valence-electron chi connectivity index (χ4n) is 1.72. The van der Waals surface area contributed by atoms with E-state index < -0.39 is 10.0 Å². The van der Waals surface area contributed by atoms with E-state index in [9.17, 15) is 8.42 Å². The molecule has 4 nitrogen and oxygen atoms in total. The van der Waals surface area contributed by atoms with Gasteiger partial charge in [-0.2, -0.15) is 11.8 Å². The summed E-state index contributed by atoms with van der Waals surface area (Å²) in [4.78, 5) is 1.47. The lowest BCUT2D eigenvalue weighted by Crippen LogP contribution is -2.26. The predicted octanol–water partition coefficient (Wildman–Crippen LogP) is 2.42. The molecule has 1 heterocycles. The molecule has 2 rings (SSSR count). The zero-order valence-corrected chi connectivity index (χ0v) is 14.3. The van der Waals surface area contributed by atoms with Crippen molar-refractivity contribution >= 4 is 33.1 Å². The molecule has 1 atom stereocenters. The molecular weight excluding hydrogens is 312 g/mol. The summed E-state index contributed by atoms with van der Waals surface area (Å²) in [5.41, 5.74) is 0. The van der Waals surface area contributed by atoms with Gasteiger partial charge in [-0.05, 0) is 31.6 Å². The average molecular weight is 335 g/mol. The van der Waals surface area contributed by atoms with Crippen molar-refractivity contribution in [2.45, 2.75) is 48.9 Å². The zero-order valence-electron chi connectivity index (χ0n) is 11.9. The van der Waals surface area contributed by atoms with Crippen molar-refractivity contribution < 1.29 is 8.42 Å². The monoisotopic (exact) mass is 334 g/mol. The molecule has 0 radical (unpaired) electrons. The third kappa shape index (κ3) is 5.04. The van der Waals surface area contributed by atoms with E-state index in [1.807, 2.05) is 6.26 Å². The number of thiophene rings is 1. The molecule has 1 fully saturated rings. The van der Waals surface area contributed by atoms with Crippen molar-refractivity contribution in [1.29, 1.82) is 0 Å². The van der Waals surface area contributed by atoms with Gasteiger partial charge in [0.25, 0.3) is 0 Å². The Morgan fingerprint density at radius 1 is 1.50 bits per heavy atom. The molecule has 114 valence electrons. The highest BCUT2D eigenvalue weighted by Crippen LogP contribution is 2.23. The second-order valence-corrected chi connectivity index (χ2v) is 9.18. The minimum absolute atomic E-state index is 0.395. The second-order valence-electron chi connectivity index (χ2n) is 5.14. The van der Waals surface area contributed by atoms with Crippen LogP contribution in [0.1, 0.15) is 31.1 Å². The molecule has 0 aromatic carbocycles. The Morgan fingerprint density at radius 3 is 2.90 bits per heavy atom. The molecule has 0 spiro atoms. The number of hydrogen-bond donors (Lipinski definition) is 2. The first-order valence-electron chi connectivity index (χ1n) is 6.84. The first-order valence-corrected chi connectivity index (χ1v) is 10.5. The summed E-state index contributed by atoms with van der Waals surface area (Å²) in [7, 11) is -3.34. The van der Waals surface area contributed by atoms with E-state index in [2.05, 4.69) is 17.0 Å². The summed E-state index contributed by atoms with van der Waals surface area (Å²) < 4.78 is 26.9. The highest BCUT2D eigenvalue weighted by Gasteiger charge is 2.21. The van der Waals surface area contributed by atoms with Gasteiger partial charge >= 0.3 is 0 Å². The molecule has 20 heavy (non-hydrogen) atoms. The van der Waals surface area contributed by atoms with Crippen LogP contribution in [0.25, 0.3) is 0 Å². The van der Waals surface area contributed by atoms with Crippen molar-refractivity contribution in [2.75, 3.05) is 12.8 Å². The Morgan fingerprint density at radius 2 is 2.25 bits per heavy atom. The van der Waals surface area contributed by atoms with Crippen LogP contribution in [0.5, 0.6) is 0 Å². The van der Waals surface area contributed by atoms with Gasteiger partial charge in [0.1, 0.15) is 0 Å². The standard InChI is InChI=1S/C13H22N2O2S3/c1-10(18-2)5-6-15-20(16,17)13-7-12(19-9-13)8-14-11-3-4-11/h7,9-11,14-15H,3-6,8H2,1-2H3. The molecule has 1 saturated carbocycles. The quantitative estimate of drug-likeness (QED) is 0.728. The van der Waals surface area contributed by atoms with Crippen LogP contribution < -0.4 is 10.0 Å². The topological polar surface area (TPSA) is 58.2 Å². The van der Waals surface area contributed by atoms with Crippen molar-refractivity contribution in [3.8, 4) is 0 Å². The Kier molecular flexibility index (Phi) is 5.92. The molecule has 1 aromatic heterocycles. The summed E-state index contributed by atoms with van der Waals surface area (Å²) >= 11 is 3.25. The lowest BCUT2D eigenvalue weighted by atomic mass is 10.3. The predicted molar refractivity (Wildman–Crippen MR) is 87.0 cm³/mol. The van der Waals surface area contributed by atoms with Gasteiger partial charge in [0, 0.05) is 34.6 Å². The average Bonchev–Trinajstić information content (AvgIpc) is 3.12. The number of sulfonamides is 1. The molecule has 1 aliphatic rings. The largest absolute Gasteiger partial charge is 0.309 e. The Hall–Kier alpha value is -0.0800. The van der Waals surface area contributed by atoms with Crippen molar-refractivity contribution in [3.05, 3.63) is 16.3 Å². The summed E-state index contributed by atoms with van der Waals surface area (Å²) in [6.07, 6.45) is 5.37. The van der Waals surface area contributed by atoms with Gasteiger partial charge in [-0.1, -0.05) is 6.92 Å². The molecular formula is C13H22N2O2S3. The maximum atomic E-state index is 12.1.